The molecule has 0 bridgehead atoms. The smallest absolute Gasteiger partial charge is 0.163 e. The van der Waals surface area contributed by atoms with Crippen molar-refractivity contribution >= 4 is 17.1 Å². The Kier molecular flexibility index (Phi) is 11.2. The summed E-state index contributed by atoms with van der Waals surface area (Å²) < 4.78 is 0. The number of aliphatic hydroxyl groups excluding tert-OH is 2. The lowest BCUT2D eigenvalue weighted by atomic mass is 10.0. The van der Waals surface area contributed by atoms with E-state index in [-0.39, 0.29) is 12.4 Å². The van der Waals surface area contributed by atoms with Gasteiger partial charge in [0.1, 0.15) is 6.10 Å². The zero-order chi connectivity index (χ0) is 17.8. The Labute approximate surface area is 150 Å². The number of hydrogen-bond donors (Lipinski definition) is 3. The minimum absolute atomic E-state index is 0.130. The third kappa shape index (κ3) is 7.88. The summed E-state index contributed by atoms with van der Waals surface area (Å²) in [5, 5.41) is 20.7. The first-order valence-corrected chi connectivity index (χ1v) is 10.1. The molecule has 1 heterocycles. The van der Waals surface area contributed by atoms with Crippen molar-refractivity contribution in [1.82, 2.24) is 0 Å². The SMILES string of the molecule is CCCCCCCCCCCC(=O)c1csc(C(O)C(N)CO)c1. The van der Waals surface area contributed by atoms with E-state index in [4.69, 9.17) is 10.8 Å². The van der Waals surface area contributed by atoms with Crippen LogP contribution in [-0.4, -0.2) is 28.6 Å². The molecule has 1 rings (SSSR count). The van der Waals surface area contributed by atoms with Gasteiger partial charge in [0, 0.05) is 22.2 Å². The third-order valence-electron chi connectivity index (χ3n) is 4.36. The van der Waals surface area contributed by atoms with E-state index in [1.165, 1.54) is 56.3 Å². The largest absolute Gasteiger partial charge is 0.395 e. The maximum Gasteiger partial charge on any atom is 0.163 e. The molecule has 4 nitrogen and oxygen atoms in total. The number of ketones is 1. The van der Waals surface area contributed by atoms with Crippen molar-refractivity contribution in [1.29, 1.82) is 0 Å². The Balaban J connectivity index is 2.18. The maximum absolute atomic E-state index is 12.2. The van der Waals surface area contributed by atoms with Crippen LogP contribution >= 0.6 is 11.3 Å². The summed E-state index contributed by atoms with van der Waals surface area (Å²) in [5.41, 5.74) is 6.27. The first-order valence-electron chi connectivity index (χ1n) is 9.26. The zero-order valence-corrected chi connectivity index (χ0v) is 15.7. The van der Waals surface area contributed by atoms with Crippen LogP contribution in [0.1, 0.15) is 92.5 Å². The van der Waals surface area contributed by atoms with E-state index in [9.17, 15) is 9.90 Å². The monoisotopic (exact) mass is 355 g/mol. The molecule has 0 saturated carbocycles. The van der Waals surface area contributed by atoms with Crippen LogP contribution in [0, 0.1) is 0 Å². The number of unbranched alkanes of at least 4 members (excludes halogenated alkanes) is 8. The summed E-state index contributed by atoms with van der Waals surface area (Å²) in [4.78, 5) is 12.8. The Morgan fingerprint density at radius 3 is 2.29 bits per heavy atom. The lowest BCUT2D eigenvalue weighted by Gasteiger charge is -2.14. The van der Waals surface area contributed by atoms with Crippen LogP contribution < -0.4 is 5.73 Å². The van der Waals surface area contributed by atoms with Gasteiger partial charge in [0.15, 0.2) is 5.78 Å². The lowest BCUT2D eigenvalue weighted by molar-refractivity contribution is 0.0979. The summed E-state index contributed by atoms with van der Waals surface area (Å²) in [5.74, 6) is 0.130. The number of Topliss-reactive ketones (excluding diaryl/α,β-unsaturated/α-hetero) is 1. The van der Waals surface area contributed by atoms with Crippen LogP contribution in [-0.2, 0) is 0 Å². The van der Waals surface area contributed by atoms with Gasteiger partial charge in [0.05, 0.1) is 12.6 Å². The zero-order valence-electron chi connectivity index (χ0n) is 14.9. The first kappa shape index (κ1) is 21.3. The number of carbonyl (C=O) groups is 1. The molecule has 5 heteroatoms. The Morgan fingerprint density at radius 1 is 1.12 bits per heavy atom. The highest BCUT2D eigenvalue weighted by molar-refractivity contribution is 7.10. The molecule has 0 aromatic carbocycles. The van der Waals surface area contributed by atoms with E-state index < -0.39 is 12.1 Å². The standard InChI is InChI=1S/C19H33NO3S/c1-2-3-4-5-6-7-8-9-10-11-17(22)15-12-18(24-14-15)19(23)16(20)13-21/h12,14,16,19,21,23H,2-11,13,20H2,1H3. The van der Waals surface area contributed by atoms with E-state index in [1.54, 1.807) is 11.4 Å². The Bertz CT molecular complexity index is 461. The van der Waals surface area contributed by atoms with Crippen molar-refractivity contribution in [2.75, 3.05) is 6.61 Å². The predicted molar refractivity (Wildman–Crippen MR) is 101 cm³/mol. The minimum atomic E-state index is -0.908. The van der Waals surface area contributed by atoms with Crippen LogP contribution in [0.15, 0.2) is 11.4 Å². The molecule has 0 radical (unpaired) electrons. The fraction of sp³-hybridized carbons (Fsp3) is 0.737. The van der Waals surface area contributed by atoms with Crippen LogP contribution in [0.5, 0.6) is 0 Å². The maximum atomic E-state index is 12.2. The number of hydrogen-bond acceptors (Lipinski definition) is 5. The highest BCUT2D eigenvalue weighted by Gasteiger charge is 2.19. The molecular weight excluding hydrogens is 322 g/mol. The molecule has 2 unspecified atom stereocenters. The molecule has 0 amide bonds. The summed E-state index contributed by atoms with van der Waals surface area (Å²) in [6.07, 6.45) is 10.8. The average molecular weight is 356 g/mol. The van der Waals surface area contributed by atoms with Gasteiger partial charge < -0.3 is 15.9 Å². The number of thiophene rings is 1. The summed E-state index contributed by atoms with van der Waals surface area (Å²) in [6.45, 7) is 1.95. The van der Waals surface area contributed by atoms with E-state index >= 15 is 0 Å². The second-order valence-electron chi connectivity index (χ2n) is 6.53. The van der Waals surface area contributed by atoms with Crippen molar-refractivity contribution in [2.24, 2.45) is 5.73 Å². The minimum Gasteiger partial charge on any atom is -0.395 e. The molecular formula is C19H33NO3S. The van der Waals surface area contributed by atoms with Gasteiger partial charge in [-0.05, 0) is 12.5 Å². The third-order valence-corrected chi connectivity index (χ3v) is 5.36. The van der Waals surface area contributed by atoms with Gasteiger partial charge in [-0.25, -0.2) is 0 Å². The second kappa shape index (κ2) is 12.6. The molecule has 138 valence electrons. The van der Waals surface area contributed by atoms with Crippen LogP contribution in [0.2, 0.25) is 0 Å². The van der Waals surface area contributed by atoms with Crippen LogP contribution in [0.3, 0.4) is 0 Å². The van der Waals surface area contributed by atoms with Crippen molar-refractivity contribution in [3.8, 4) is 0 Å². The highest BCUT2D eigenvalue weighted by atomic mass is 32.1. The molecule has 0 aliphatic carbocycles. The fourth-order valence-corrected chi connectivity index (χ4v) is 3.68. The molecule has 1 aromatic rings. The van der Waals surface area contributed by atoms with Gasteiger partial charge >= 0.3 is 0 Å². The van der Waals surface area contributed by atoms with Gasteiger partial charge in [-0.2, -0.15) is 0 Å². The van der Waals surface area contributed by atoms with Gasteiger partial charge in [0.2, 0.25) is 0 Å². The number of aliphatic hydroxyl groups is 2. The molecule has 0 fully saturated rings. The number of carbonyl (C=O) groups excluding carboxylic acids is 1. The summed E-state index contributed by atoms with van der Waals surface area (Å²) >= 11 is 1.32. The Hall–Kier alpha value is -0.750. The van der Waals surface area contributed by atoms with Crippen molar-refractivity contribution in [3.05, 3.63) is 21.9 Å². The Morgan fingerprint density at radius 2 is 1.71 bits per heavy atom. The topological polar surface area (TPSA) is 83.5 Å². The van der Waals surface area contributed by atoms with Crippen LogP contribution in [0.25, 0.3) is 0 Å². The van der Waals surface area contributed by atoms with Crippen molar-refractivity contribution in [2.45, 2.75) is 83.3 Å². The van der Waals surface area contributed by atoms with Gasteiger partial charge in [-0.3, -0.25) is 4.79 Å². The van der Waals surface area contributed by atoms with Gasteiger partial charge in [-0.15, -0.1) is 11.3 Å². The van der Waals surface area contributed by atoms with Gasteiger partial charge in [-0.1, -0.05) is 58.3 Å². The second-order valence-corrected chi connectivity index (χ2v) is 7.47. The normalized spacial score (nSPS) is 13.8. The molecule has 4 N–H and O–H groups in total. The summed E-state index contributed by atoms with van der Waals surface area (Å²) in [6, 6.07) is 1.00. The molecule has 2 atom stereocenters. The molecule has 0 aliphatic rings. The van der Waals surface area contributed by atoms with Gasteiger partial charge in [0.25, 0.3) is 0 Å². The van der Waals surface area contributed by atoms with Crippen LogP contribution in [0.4, 0.5) is 0 Å². The molecule has 24 heavy (non-hydrogen) atoms. The van der Waals surface area contributed by atoms with E-state index in [0.717, 1.165) is 12.8 Å². The highest BCUT2D eigenvalue weighted by Crippen LogP contribution is 2.25. The van der Waals surface area contributed by atoms with E-state index in [1.807, 2.05) is 0 Å². The summed E-state index contributed by atoms with van der Waals surface area (Å²) in [7, 11) is 0. The molecule has 0 aliphatic heterocycles. The predicted octanol–water partition coefficient (Wildman–Crippen LogP) is 4.20. The van der Waals surface area contributed by atoms with E-state index in [0.29, 0.717) is 16.9 Å². The molecule has 0 saturated heterocycles. The quantitative estimate of drug-likeness (QED) is 0.345. The van der Waals surface area contributed by atoms with Crippen molar-refractivity contribution < 1.29 is 15.0 Å². The number of rotatable bonds is 14. The van der Waals surface area contributed by atoms with E-state index in [2.05, 4.69) is 6.92 Å². The average Bonchev–Trinajstić information content (AvgIpc) is 3.08. The number of nitrogens with two attached hydrogens (primary N) is 1. The first-order chi connectivity index (χ1) is 11.6. The lowest BCUT2D eigenvalue weighted by Crippen LogP contribution is -2.31. The molecule has 1 aromatic heterocycles. The fourth-order valence-electron chi connectivity index (χ4n) is 2.71. The molecule has 0 spiro atoms. The van der Waals surface area contributed by atoms with Crippen molar-refractivity contribution in [3.63, 3.8) is 0 Å².